The second kappa shape index (κ2) is 7.22. The minimum atomic E-state index is -4.71. The molecule has 0 radical (unpaired) electrons. The molecule has 0 aliphatic rings. The number of carbonyl (C=O) groups is 1. The smallest absolute Gasteiger partial charge is 0.304 e. The molecule has 2 heterocycles. The molecule has 0 spiro atoms. The van der Waals surface area contributed by atoms with Crippen LogP contribution in [0.15, 0.2) is 24.4 Å². The molecule has 1 amide bonds. The Morgan fingerprint density at radius 1 is 1.07 bits per heavy atom. The van der Waals surface area contributed by atoms with Gasteiger partial charge in [-0.3, -0.25) is 14.2 Å². The van der Waals surface area contributed by atoms with Crippen LogP contribution in [0.25, 0.3) is 0 Å². The topological polar surface area (TPSA) is 64.7 Å². The number of aromatic nitrogens is 4. The summed E-state index contributed by atoms with van der Waals surface area (Å²) in [6, 6.07) is 1.76. The summed E-state index contributed by atoms with van der Waals surface area (Å²) in [6.07, 6.45) is -3.58. The molecule has 0 saturated heterocycles. The fourth-order valence-electron chi connectivity index (χ4n) is 2.46. The number of nitrogens with zero attached hydrogens (tertiary/aromatic N) is 4. The first-order valence-corrected chi connectivity index (χ1v) is 7.75. The molecule has 2 aromatic heterocycles. The van der Waals surface area contributed by atoms with Gasteiger partial charge in [-0.2, -0.15) is 23.4 Å². The number of benzene rings is 1. The number of nitrogens with one attached hydrogen (secondary N) is 1. The van der Waals surface area contributed by atoms with Crippen LogP contribution in [-0.2, 0) is 19.8 Å². The lowest BCUT2D eigenvalue weighted by Gasteiger charge is -2.07. The normalized spacial score (nSPS) is 11.7. The van der Waals surface area contributed by atoms with Crippen LogP contribution >= 0.6 is 0 Å². The van der Waals surface area contributed by atoms with E-state index in [4.69, 9.17) is 0 Å². The van der Waals surface area contributed by atoms with Gasteiger partial charge in [0.1, 0.15) is 5.69 Å². The molecule has 0 aliphatic heterocycles. The van der Waals surface area contributed by atoms with E-state index in [0.717, 1.165) is 24.0 Å². The van der Waals surface area contributed by atoms with Crippen LogP contribution in [0, 0.1) is 23.3 Å². The summed E-state index contributed by atoms with van der Waals surface area (Å²) in [7, 11) is 1.01. The molecule has 6 nitrogen and oxygen atoms in total. The summed E-state index contributed by atoms with van der Waals surface area (Å²) < 4.78 is 93.6. The molecule has 1 aromatic carbocycles. The van der Waals surface area contributed by atoms with Gasteiger partial charge in [-0.25, -0.2) is 17.6 Å². The monoisotopic (exact) mass is 421 g/mol. The van der Waals surface area contributed by atoms with Crippen LogP contribution in [0.2, 0.25) is 0 Å². The summed E-state index contributed by atoms with van der Waals surface area (Å²) in [4.78, 5) is 12.0. The van der Waals surface area contributed by atoms with Crippen molar-refractivity contribution in [3.63, 3.8) is 0 Å². The molecule has 154 valence electrons. The van der Waals surface area contributed by atoms with E-state index < -0.39 is 58.8 Å². The van der Waals surface area contributed by atoms with E-state index in [1.165, 1.54) is 0 Å². The maximum Gasteiger partial charge on any atom is 0.433 e. The van der Waals surface area contributed by atoms with Crippen molar-refractivity contribution in [3.8, 4) is 0 Å². The molecule has 0 bridgehead atoms. The third kappa shape index (κ3) is 4.07. The lowest BCUT2D eigenvalue weighted by molar-refractivity contribution is -0.143. The van der Waals surface area contributed by atoms with Crippen molar-refractivity contribution in [1.82, 2.24) is 19.6 Å². The number of hydrogen-bond donors (Lipinski definition) is 1. The average molecular weight is 421 g/mol. The number of aryl methyl sites for hydroxylation is 1. The van der Waals surface area contributed by atoms with Crippen LogP contribution in [0.4, 0.5) is 36.6 Å². The molecule has 1 N–H and O–H groups in total. The minimum absolute atomic E-state index is 0.0605. The van der Waals surface area contributed by atoms with Crippen molar-refractivity contribution in [2.24, 2.45) is 7.05 Å². The lowest BCUT2D eigenvalue weighted by atomic mass is 10.2. The first-order chi connectivity index (χ1) is 13.5. The Balaban J connectivity index is 1.77. The number of anilines is 1. The Kier molecular flexibility index (Phi) is 5.07. The first kappa shape index (κ1) is 20.4. The van der Waals surface area contributed by atoms with Gasteiger partial charge in [0.2, 0.25) is 0 Å². The third-order valence-corrected chi connectivity index (χ3v) is 3.81. The Morgan fingerprint density at radius 2 is 1.69 bits per heavy atom. The zero-order valence-electron chi connectivity index (χ0n) is 14.4. The molecule has 3 rings (SSSR count). The summed E-state index contributed by atoms with van der Waals surface area (Å²) in [5.74, 6) is -7.58. The first-order valence-electron chi connectivity index (χ1n) is 7.75. The van der Waals surface area contributed by atoms with Gasteiger partial charge in [-0.1, -0.05) is 0 Å². The van der Waals surface area contributed by atoms with Gasteiger partial charge in [0.05, 0.1) is 12.1 Å². The van der Waals surface area contributed by atoms with E-state index in [0.29, 0.717) is 10.7 Å². The number of hydrogen-bond acceptors (Lipinski definition) is 3. The molecule has 0 fully saturated rings. The van der Waals surface area contributed by atoms with E-state index in [1.807, 2.05) is 0 Å². The zero-order valence-corrected chi connectivity index (χ0v) is 14.4. The average Bonchev–Trinajstić information content (AvgIpc) is 3.23. The number of amides is 1. The molecule has 0 aliphatic carbocycles. The Bertz CT molecular complexity index is 1060. The minimum Gasteiger partial charge on any atom is -0.304 e. The number of carbonyl (C=O) groups excluding carboxylic acids is 1. The van der Waals surface area contributed by atoms with E-state index in [2.05, 4.69) is 15.5 Å². The van der Waals surface area contributed by atoms with Crippen molar-refractivity contribution in [2.75, 3.05) is 5.32 Å². The lowest BCUT2D eigenvalue weighted by Crippen LogP contribution is -2.14. The van der Waals surface area contributed by atoms with Crippen molar-refractivity contribution in [2.45, 2.75) is 12.7 Å². The molecule has 13 heteroatoms. The second-order valence-electron chi connectivity index (χ2n) is 5.84. The molecular formula is C16H10F7N5O. The molecule has 0 saturated carbocycles. The van der Waals surface area contributed by atoms with Gasteiger partial charge in [-0.15, -0.1) is 0 Å². The van der Waals surface area contributed by atoms with Crippen LogP contribution in [0.5, 0.6) is 0 Å². The third-order valence-electron chi connectivity index (χ3n) is 3.81. The molecule has 29 heavy (non-hydrogen) atoms. The van der Waals surface area contributed by atoms with Gasteiger partial charge < -0.3 is 5.32 Å². The summed E-state index contributed by atoms with van der Waals surface area (Å²) in [6.45, 7) is -0.704. The van der Waals surface area contributed by atoms with Crippen LogP contribution in [0.3, 0.4) is 0 Å². The highest BCUT2D eigenvalue weighted by Gasteiger charge is 2.35. The summed E-state index contributed by atoms with van der Waals surface area (Å²) >= 11 is 0. The van der Waals surface area contributed by atoms with E-state index in [9.17, 15) is 35.5 Å². The largest absolute Gasteiger partial charge is 0.433 e. The van der Waals surface area contributed by atoms with Gasteiger partial charge >= 0.3 is 6.18 Å². The summed E-state index contributed by atoms with van der Waals surface area (Å²) in [5, 5.41) is 9.36. The van der Waals surface area contributed by atoms with Gasteiger partial charge in [-0.05, 0) is 0 Å². The standard InChI is InChI=1S/C16H10F7N5O/c1-27-11(16(21,22)23)5-10(25-27)15(29)24-12-2-3-28(26-12)6-7-13(19)8(17)4-9(18)14(7)20/h2-5H,6H2,1H3,(H,24,26,29). The van der Waals surface area contributed by atoms with Gasteiger partial charge in [0, 0.05) is 31.4 Å². The molecule has 0 atom stereocenters. The Morgan fingerprint density at radius 3 is 2.24 bits per heavy atom. The van der Waals surface area contributed by atoms with Gasteiger partial charge in [0.15, 0.2) is 34.8 Å². The Hall–Kier alpha value is -3.38. The van der Waals surface area contributed by atoms with Crippen LogP contribution in [-0.4, -0.2) is 25.5 Å². The predicted molar refractivity (Wildman–Crippen MR) is 83.8 cm³/mol. The number of rotatable bonds is 4. The Labute approximate surface area is 157 Å². The van der Waals surface area contributed by atoms with Crippen LogP contribution < -0.4 is 5.32 Å². The summed E-state index contributed by atoms with van der Waals surface area (Å²) in [5.41, 5.74) is -2.62. The number of halogens is 7. The highest BCUT2D eigenvalue weighted by molar-refractivity contribution is 6.02. The fraction of sp³-hybridized carbons (Fsp3) is 0.188. The zero-order chi connectivity index (χ0) is 21.5. The SMILES string of the molecule is Cn1nc(C(=O)Nc2ccn(Cc3c(F)c(F)cc(F)c3F)n2)cc1C(F)(F)F. The maximum atomic E-state index is 13.7. The quantitative estimate of drug-likeness (QED) is 0.518. The second-order valence-corrected chi connectivity index (χ2v) is 5.84. The predicted octanol–water partition coefficient (Wildman–Crippen LogP) is 3.49. The van der Waals surface area contributed by atoms with Crippen molar-refractivity contribution in [3.05, 3.63) is 64.6 Å². The van der Waals surface area contributed by atoms with E-state index in [-0.39, 0.29) is 11.9 Å². The number of alkyl halides is 3. The molecule has 0 unspecified atom stereocenters. The maximum absolute atomic E-state index is 13.7. The van der Waals surface area contributed by atoms with E-state index >= 15 is 0 Å². The fourth-order valence-corrected chi connectivity index (χ4v) is 2.46. The molecule has 3 aromatic rings. The molecular weight excluding hydrogens is 411 g/mol. The van der Waals surface area contributed by atoms with Crippen molar-refractivity contribution >= 4 is 11.7 Å². The van der Waals surface area contributed by atoms with Crippen LogP contribution in [0.1, 0.15) is 21.7 Å². The van der Waals surface area contributed by atoms with E-state index in [1.54, 1.807) is 0 Å². The van der Waals surface area contributed by atoms with Crippen molar-refractivity contribution in [1.29, 1.82) is 0 Å². The highest BCUT2D eigenvalue weighted by atomic mass is 19.4. The highest BCUT2D eigenvalue weighted by Crippen LogP contribution is 2.29. The van der Waals surface area contributed by atoms with Gasteiger partial charge in [0.25, 0.3) is 5.91 Å². The van der Waals surface area contributed by atoms with Crippen molar-refractivity contribution < 1.29 is 35.5 Å².